The van der Waals surface area contributed by atoms with Crippen LogP contribution in [0.5, 0.6) is 0 Å². The van der Waals surface area contributed by atoms with E-state index in [-0.39, 0.29) is 5.69 Å². The van der Waals surface area contributed by atoms with Crippen LogP contribution >= 0.6 is 34.5 Å². The molecule has 2 saturated carbocycles. The fraction of sp³-hybridized carbons (Fsp3) is 0.304. The Hall–Kier alpha value is -2.26. The number of aromatic carboxylic acids is 1. The van der Waals surface area contributed by atoms with E-state index < -0.39 is 5.97 Å². The van der Waals surface area contributed by atoms with Crippen LogP contribution in [-0.4, -0.2) is 20.9 Å². The lowest BCUT2D eigenvalue weighted by Gasteiger charge is -2.10. The normalized spacial score (nSPS) is 18.9. The van der Waals surface area contributed by atoms with Gasteiger partial charge in [-0.1, -0.05) is 48.4 Å². The molecule has 0 amide bonds. The van der Waals surface area contributed by atoms with Crippen molar-refractivity contribution in [2.75, 3.05) is 0 Å². The van der Waals surface area contributed by atoms with Crippen LogP contribution in [-0.2, 0) is 0 Å². The Morgan fingerprint density at radius 3 is 2.57 bits per heavy atom. The highest BCUT2D eigenvalue weighted by atomic mass is 35.5. The minimum atomic E-state index is -1.11. The summed E-state index contributed by atoms with van der Waals surface area (Å²) in [7, 11) is 0. The predicted molar refractivity (Wildman–Crippen MR) is 122 cm³/mol. The maximum absolute atomic E-state index is 11.5. The fourth-order valence-electron chi connectivity index (χ4n) is 4.06. The Bertz CT molecular complexity index is 1150. The number of thiophene rings is 1. The highest BCUT2D eigenvalue weighted by Crippen LogP contribution is 2.51. The molecule has 30 heavy (non-hydrogen) atoms. The minimum Gasteiger partial charge on any atom is -0.476 e. The summed E-state index contributed by atoms with van der Waals surface area (Å²) in [5.41, 5.74) is 2.29. The number of terminal acetylenes is 1. The zero-order valence-corrected chi connectivity index (χ0v) is 18.7. The first-order valence-corrected chi connectivity index (χ1v) is 11.4. The Balaban J connectivity index is 0.000000305. The van der Waals surface area contributed by atoms with Crippen molar-refractivity contribution in [3.8, 4) is 28.6 Å². The molecule has 5 rings (SSSR count). The number of carboxylic acid groups (broad SMARTS) is 1. The van der Waals surface area contributed by atoms with Gasteiger partial charge in [-0.05, 0) is 54.8 Å². The first-order valence-electron chi connectivity index (χ1n) is 9.73. The largest absolute Gasteiger partial charge is 0.476 e. The van der Waals surface area contributed by atoms with E-state index in [2.05, 4.69) is 11.0 Å². The first kappa shape index (κ1) is 21.0. The Labute approximate surface area is 189 Å². The molecule has 2 unspecified atom stereocenters. The third kappa shape index (κ3) is 4.00. The van der Waals surface area contributed by atoms with Gasteiger partial charge in [-0.2, -0.15) is 5.10 Å². The fourth-order valence-corrected chi connectivity index (χ4v) is 5.49. The molecule has 4 nitrogen and oxygen atoms in total. The molecule has 154 valence electrons. The third-order valence-corrected chi connectivity index (χ3v) is 7.18. The Morgan fingerprint density at radius 2 is 2.03 bits per heavy atom. The van der Waals surface area contributed by atoms with Crippen LogP contribution in [0.1, 0.15) is 47.3 Å². The molecule has 7 heteroatoms. The average molecular weight is 459 g/mol. The molecule has 1 N–H and O–H groups in total. The van der Waals surface area contributed by atoms with Crippen molar-refractivity contribution in [1.82, 2.24) is 9.78 Å². The van der Waals surface area contributed by atoms with Crippen molar-refractivity contribution in [2.45, 2.75) is 32.6 Å². The lowest BCUT2D eigenvalue weighted by Crippen LogP contribution is -2.03. The number of nitrogens with zero attached hydrogens (tertiary/aromatic N) is 2. The maximum atomic E-state index is 11.5. The molecule has 1 aromatic carbocycles. The summed E-state index contributed by atoms with van der Waals surface area (Å²) in [5, 5.41) is 16.3. The molecule has 2 aliphatic carbocycles. The van der Waals surface area contributed by atoms with Gasteiger partial charge in [0, 0.05) is 16.1 Å². The molecule has 2 heterocycles. The van der Waals surface area contributed by atoms with Gasteiger partial charge in [-0.15, -0.1) is 17.8 Å². The standard InChI is InChI=1S/C17H10Cl2N2O2S.C6H10/c1-3-10-6-7-24-16(10)15-9(2)14(17(22)23)20-21(15)13-5-4-11(18)8-12(13)19;1-2-5-4-6(5)3-1/h1,4-8H,2H3,(H,22,23);5-6H,1-4H2. The molecule has 0 aliphatic heterocycles. The number of hydrogen-bond donors (Lipinski definition) is 1. The summed E-state index contributed by atoms with van der Waals surface area (Å²) in [6.07, 6.45) is 11.8. The van der Waals surface area contributed by atoms with Crippen molar-refractivity contribution in [3.05, 3.63) is 56.5 Å². The van der Waals surface area contributed by atoms with Crippen LogP contribution in [0, 0.1) is 31.1 Å². The summed E-state index contributed by atoms with van der Waals surface area (Å²) in [6.45, 7) is 1.70. The summed E-state index contributed by atoms with van der Waals surface area (Å²) in [5.74, 6) is 3.92. The van der Waals surface area contributed by atoms with Crippen molar-refractivity contribution in [3.63, 3.8) is 0 Å². The van der Waals surface area contributed by atoms with Crippen molar-refractivity contribution < 1.29 is 9.90 Å². The van der Waals surface area contributed by atoms with Crippen LogP contribution in [0.3, 0.4) is 0 Å². The SMILES string of the molecule is C#Cc1ccsc1-c1c(C)c(C(=O)O)nn1-c1ccc(Cl)cc1Cl.C1CC2CC2C1. The molecule has 0 radical (unpaired) electrons. The number of fused-ring (bicyclic) bond motifs is 1. The quantitative estimate of drug-likeness (QED) is 0.444. The average Bonchev–Trinajstić information content (AvgIpc) is 3.06. The van der Waals surface area contributed by atoms with E-state index in [1.54, 1.807) is 50.5 Å². The molecule has 2 fully saturated rings. The number of carboxylic acids is 1. The molecule has 2 aromatic heterocycles. The van der Waals surface area contributed by atoms with Gasteiger partial charge in [0.05, 0.1) is 21.3 Å². The lowest BCUT2D eigenvalue weighted by molar-refractivity contribution is 0.0689. The summed E-state index contributed by atoms with van der Waals surface area (Å²) >= 11 is 13.6. The van der Waals surface area contributed by atoms with Gasteiger partial charge >= 0.3 is 5.97 Å². The third-order valence-electron chi connectivity index (χ3n) is 5.72. The number of rotatable bonds is 3. The highest BCUT2D eigenvalue weighted by molar-refractivity contribution is 7.13. The van der Waals surface area contributed by atoms with Gasteiger partial charge in [-0.25, -0.2) is 9.48 Å². The molecule has 2 atom stereocenters. The smallest absolute Gasteiger partial charge is 0.356 e. The van der Waals surface area contributed by atoms with Gasteiger partial charge in [0.2, 0.25) is 0 Å². The number of halogens is 2. The molecule has 0 spiro atoms. The van der Waals surface area contributed by atoms with Crippen LogP contribution in [0.4, 0.5) is 0 Å². The number of hydrogen-bond acceptors (Lipinski definition) is 3. The zero-order valence-electron chi connectivity index (χ0n) is 16.4. The van der Waals surface area contributed by atoms with Gasteiger partial charge in [0.1, 0.15) is 0 Å². The maximum Gasteiger partial charge on any atom is 0.356 e. The minimum absolute atomic E-state index is 0.0487. The van der Waals surface area contributed by atoms with Crippen LogP contribution in [0.2, 0.25) is 10.0 Å². The molecular formula is C23H20Cl2N2O2S. The molecular weight excluding hydrogens is 439 g/mol. The van der Waals surface area contributed by atoms with E-state index in [0.717, 1.165) is 4.88 Å². The van der Waals surface area contributed by atoms with E-state index in [9.17, 15) is 9.90 Å². The van der Waals surface area contributed by atoms with Gasteiger partial charge < -0.3 is 5.11 Å². The number of carbonyl (C=O) groups is 1. The molecule has 0 bridgehead atoms. The van der Waals surface area contributed by atoms with Crippen molar-refractivity contribution >= 4 is 40.5 Å². The van der Waals surface area contributed by atoms with E-state index in [0.29, 0.717) is 32.6 Å². The van der Waals surface area contributed by atoms with Gasteiger partial charge in [0.15, 0.2) is 5.69 Å². The van der Waals surface area contributed by atoms with Crippen LogP contribution in [0.25, 0.3) is 16.3 Å². The number of aromatic nitrogens is 2. The van der Waals surface area contributed by atoms with E-state index in [4.69, 9.17) is 29.6 Å². The lowest BCUT2D eigenvalue weighted by atomic mass is 10.1. The second-order valence-corrected chi connectivity index (χ2v) is 9.39. The predicted octanol–water partition coefficient (Wildman–Crippen LogP) is 6.70. The number of benzene rings is 1. The Morgan fingerprint density at radius 1 is 1.30 bits per heavy atom. The second kappa shape index (κ2) is 8.47. The molecule has 2 aliphatic rings. The highest BCUT2D eigenvalue weighted by Gasteiger charge is 2.40. The van der Waals surface area contributed by atoms with E-state index >= 15 is 0 Å². The Kier molecular flexibility index (Phi) is 5.92. The van der Waals surface area contributed by atoms with Crippen LogP contribution < -0.4 is 0 Å². The van der Waals surface area contributed by atoms with Crippen molar-refractivity contribution in [1.29, 1.82) is 0 Å². The van der Waals surface area contributed by atoms with E-state index in [1.807, 2.05) is 5.38 Å². The topological polar surface area (TPSA) is 55.1 Å². The summed E-state index contributed by atoms with van der Waals surface area (Å²) in [4.78, 5) is 12.3. The second-order valence-electron chi connectivity index (χ2n) is 7.63. The molecule has 0 saturated heterocycles. The van der Waals surface area contributed by atoms with Crippen molar-refractivity contribution in [2.24, 2.45) is 11.8 Å². The zero-order chi connectivity index (χ0) is 21.4. The monoisotopic (exact) mass is 458 g/mol. The van der Waals surface area contributed by atoms with Crippen LogP contribution in [0.15, 0.2) is 29.6 Å². The van der Waals surface area contributed by atoms with Gasteiger partial charge in [-0.3, -0.25) is 0 Å². The summed E-state index contributed by atoms with van der Waals surface area (Å²) < 4.78 is 1.50. The summed E-state index contributed by atoms with van der Waals surface area (Å²) in [6, 6.07) is 6.74. The molecule has 3 aromatic rings. The first-order chi connectivity index (χ1) is 14.4. The van der Waals surface area contributed by atoms with E-state index in [1.165, 1.54) is 34.3 Å². The van der Waals surface area contributed by atoms with Gasteiger partial charge in [0.25, 0.3) is 0 Å².